The van der Waals surface area contributed by atoms with Gasteiger partial charge >= 0.3 is 5.97 Å². The van der Waals surface area contributed by atoms with E-state index < -0.39 is 11.9 Å². The molecule has 0 bridgehead atoms. The lowest BCUT2D eigenvalue weighted by atomic mass is 9.94. The Balaban J connectivity index is 2.12. The second kappa shape index (κ2) is 6.70. The maximum absolute atomic E-state index is 13.2. The van der Waals surface area contributed by atoms with Gasteiger partial charge in [-0.2, -0.15) is 0 Å². The third kappa shape index (κ3) is 3.80. The Labute approximate surface area is 123 Å². The zero-order chi connectivity index (χ0) is 15.4. The van der Waals surface area contributed by atoms with Crippen molar-refractivity contribution in [3.05, 3.63) is 35.1 Å². The van der Waals surface area contributed by atoms with E-state index in [0.717, 1.165) is 19.3 Å². The predicted molar refractivity (Wildman–Crippen MR) is 76.6 cm³/mol. The lowest BCUT2D eigenvalue weighted by Gasteiger charge is -2.23. The molecule has 1 fully saturated rings. The van der Waals surface area contributed by atoms with Crippen molar-refractivity contribution >= 4 is 11.9 Å². The normalized spacial score (nSPS) is 22.4. The Morgan fingerprint density at radius 3 is 2.62 bits per heavy atom. The molecule has 2 atom stereocenters. The fourth-order valence-electron chi connectivity index (χ4n) is 2.81. The highest BCUT2D eigenvalue weighted by Gasteiger charge is 2.30. The summed E-state index contributed by atoms with van der Waals surface area (Å²) in [4.78, 5) is 23.6. The Hall–Kier alpha value is -1.91. The first-order valence-corrected chi connectivity index (χ1v) is 7.29. The van der Waals surface area contributed by atoms with Crippen molar-refractivity contribution in [1.29, 1.82) is 0 Å². The fraction of sp³-hybridized carbons (Fsp3) is 0.500. The Kier molecular flexibility index (Phi) is 4.94. The molecule has 1 aliphatic carbocycles. The van der Waals surface area contributed by atoms with E-state index in [4.69, 9.17) is 0 Å². The molecule has 5 heteroatoms. The van der Waals surface area contributed by atoms with Crippen LogP contribution in [-0.2, 0) is 4.79 Å². The van der Waals surface area contributed by atoms with E-state index in [1.165, 1.54) is 18.2 Å². The van der Waals surface area contributed by atoms with Gasteiger partial charge in [0.1, 0.15) is 5.82 Å². The van der Waals surface area contributed by atoms with Crippen LogP contribution < -0.4 is 5.32 Å². The van der Waals surface area contributed by atoms with Crippen molar-refractivity contribution in [2.24, 2.45) is 5.92 Å². The van der Waals surface area contributed by atoms with E-state index in [0.29, 0.717) is 24.0 Å². The molecule has 0 spiro atoms. The van der Waals surface area contributed by atoms with Gasteiger partial charge in [-0.25, -0.2) is 4.39 Å². The molecular formula is C16H20FNO3. The molecule has 21 heavy (non-hydrogen) atoms. The maximum atomic E-state index is 13.2. The molecule has 1 aromatic rings. The largest absolute Gasteiger partial charge is 0.481 e. The molecule has 1 saturated carbocycles. The van der Waals surface area contributed by atoms with Crippen LogP contribution in [0.2, 0.25) is 0 Å². The summed E-state index contributed by atoms with van der Waals surface area (Å²) in [5.74, 6) is -2.10. The minimum Gasteiger partial charge on any atom is -0.481 e. The Bertz CT molecular complexity index is 544. The summed E-state index contributed by atoms with van der Waals surface area (Å²) >= 11 is 0. The van der Waals surface area contributed by atoms with Gasteiger partial charge in [-0.1, -0.05) is 19.3 Å². The van der Waals surface area contributed by atoms with Crippen molar-refractivity contribution in [3.63, 3.8) is 0 Å². The number of halogens is 1. The minimum atomic E-state index is -0.863. The lowest BCUT2D eigenvalue weighted by Crippen LogP contribution is -2.42. The van der Waals surface area contributed by atoms with Crippen LogP contribution in [0.4, 0.5) is 4.39 Å². The van der Waals surface area contributed by atoms with Gasteiger partial charge in [0.25, 0.3) is 5.91 Å². The van der Waals surface area contributed by atoms with Crippen LogP contribution in [-0.4, -0.2) is 23.0 Å². The quantitative estimate of drug-likeness (QED) is 0.842. The monoisotopic (exact) mass is 293 g/mol. The molecule has 0 heterocycles. The highest BCUT2D eigenvalue weighted by molar-refractivity contribution is 5.94. The molecule has 2 rings (SSSR count). The maximum Gasteiger partial charge on any atom is 0.308 e. The van der Waals surface area contributed by atoms with E-state index in [1.54, 1.807) is 6.92 Å². The summed E-state index contributed by atoms with van der Waals surface area (Å²) in [7, 11) is 0. The number of rotatable bonds is 3. The van der Waals surface area contributed by atoms with E-state index in [9.17, 15) is 19.1 Å². The summed E-state index contributed by atoms with van der Waals surface area (Å²) < 4.78 is 13.2. The molecule has 4 nitrogen and oxygen atoms in total. The number of benzene rings is 1. The average Bonchev–Trinajstić information content (AvgIpc) is 2.67. The molecular weight excluding hydrogens is 273 g/mol. The molecule has 0 radical (unpaired) electrons. The van der Waals surface area contributed by atoms with E-state index >= 15 is 0 Å². The molecule has 0 aromatic heterocycles. The zero-order valence-electron chi connectivity index (χ0n) is 12.1. The van der Waals surface area contributed by atoms with Crippen LogP contribution in [0.5, 0.6) is 0 Å². The minimum absolute atomic E-state index is 0.337. The number of nitrogens with one attached hydrogen (secondary N) is 1. The van der Waals surface area contributed by atoms with E-state index in [2.05, 4.69) is 5.32 Å². The standard InChI is InChI=1S/C16H20FNO3/c1-10-9-11(7-8-13(10)17)15(19)18-14-6-4-2-3-5-12(14)16(20)21/h7-9,12,14H,2-6H2,1H3,(H,18,19)(H,20,21). The number of carbonyl (C=O) groups is 2. The molecule has 0 saturated heterocycles. The number of aliphatic carboxylic acids is 1. The van der Waals surface area contributed by atoms with E-state index in [1.807, 2.05) is 0 Å². The third-order valence-corrected chi connectivity index (χ3v) is 4.07. The fourth-order valence-corrected chi connectivity index (χ4v) is 2.81. The van der Waals surface area contributed by atoms with Gasteiger partial charge in [0.15, 0.2) is 0 Å². The molecule has 1 amide bonds. The van der Waals surface area contributed by atoms with Crippen LogP contribution in [0.3, 0.4) is 0 Å². The first-order chi connectivity index (χ1) is 9.99. The Morgan fingerprint density at radius 2 is 1.95 bits per heavy atom. The number of hydrogen-bond acceptors (Lipinski definition) is 2. The summed E-state index contributed by atoms with van der Waals surface area (Å²) in [6.07, 6.45) is 4.04. The number of carboxylic acid groups (broad SMARTS) is 1. The Morgan fingerprint density at radius 1 is 1.24 bits per heavy atom. The first-order valence-electron chi connectivity index (χ1n) is 7.29. The topological polar surface area (TPSA) is 66.4 Å². The summed E-state index contributed by atoms with van der Waals surface area (Å²) in [6, 6.07) is 3.80. The molecule has 1 aliphatic rings. The number of aryl methyl sites for hydroxylation is 1. The van der Waals surface area contributed by atoms with Crippen molar-refractivity contribution in [2.75, 3.05) is 0 Å². The third-order valence-electron chi connectivity index (χ3n) is 4.07. The van der Waals surface area contributed by atoms with Crippen molar-refractivity contribution in [1.82, 2.24) is 5.32 Å². The first kappa shape index (κ1) is 15.5. The predicted octanol–water partition coefficient (Wildman–Crippen LogP) is 2.90. The molecule has 2 unspecified atom stereocenters. The molecule has 1 aromatic carbocycles. The second-order valence-electron chi connectivity index (χ2n) is 5.63. The molecule has 2 N–H and O–H groups in total. The number of carboxylic acids is 1. The van der Waals surface area contributed by atoms with Crippen molar-refractivity contribution in [3.8, 4) is 0 Å². The van der Waals surface area contributed by atoms with Crippen molar-refractivity contribution < 1.29 is 19.1 Å². The van der Waals surface area contributed by atoms with Gasteiger partial charge in [0.05, 0.1) is 5.92 Å². The van der Waals surface area contributed by atoms with Crippen LogP contribution in [0.25, 0.3) is 0 Å². The summed E-state index contributed by atoms with van der Waals surface area (Å²) in [5, 5.41) is 12.1. The zero-order valence-corrected chi connectivity index (χ0v) is 12.1. The summed E-state index contributed by atoms with van der Waals surface area (Å²) in [6.45, 7) is 1.60. The summed E-state index contributed by atoms with van der Waals surface area (Å²) in [5.41, 5.74) is 0.764. The van der Waals surface area contributed by atoms with Gasteiger partial charge in [0.2, 0.25) is 0 Å². The molecule has 0 aliphatic heterocycles. The highest BCUT2D eigenvalue weighted by atomic mass is 19.1. The van der Waals surface area contributed by atoms with Gasteiger partial charge in [-0.05, 0) is 43.5 Å². The van der Waals surface area contributed by atoms with Crippen LogP contribution in [0, 0.1) is 18.7 Å². The van der Waals surface area contributed by atoms with Crippen LogP contribution >= 0.6 is 0 Å². The van der Waals surface area contributed by atoms with Gasteiger partial charge in [0, 0.05) is 11.6 Å². The number of amides is 1. The van der Waals surface area contributed by atoms with Crippen molar-refractivity contribution in [2.45, 2.75) is 45.1 Å². The smallest absolute Gasteiger partial charge is 0.308 e. The lowest BCUT2D eigenvalue weighted by molar-refractivity contribution is -0.142. The number of hydrogen-bond donors (Lipinski definition) is 2. The van der Waals surface area contributed by atoms with Gasteiger partial charge in [-0.15, -0.1) is 0 Å². The SMILES string of the molecule is Cc1cc(C(=O)NC2CCCCCC2C(=O)O)ccc1F. The van der Waals surface area contributed by atoms with E-state index in [-0.39, 0.29) is 17.8 Å². The highest BCUT2D eigenvalue weighted by Crippen LogP contribution is 2.24. The van der Waals surface area contributed by atoms with Gasteiger partial charge < -0.3 is 10.4 Å². The number of carbonyl (C=O) groups excluding carboxylic acids is 1. The molecule has 114 valence electrons. The van der Waals surface area contributed by atoms with Crippen LogP contribution in [0.15, 0.2) is 18.2 Å². The second-order valence-corrected chi connectivity index (χ2v) is 5.63. The van der Waals surface area contributed by atoms with Gasteiger partial charge in [-0.3, -0.25) is 9.59 Å². The van der Waals surface area contributed by atoms with Crippen LogP contribution in [0.1, 0.15) is 48.0 Å². The average molecular weight is 293 g/mol.